The Morgan fingerprint density at radius 3 is 2.72 bits per heavy atom. The summed E-state index contributed by atoms with van der Waals surface area (Å²) in [4.78, 5) is 13.0. The molecule has 0 aliphatic carbocycles. The third-order valence-corrected chi connectivity index (χ3v) is 6.57. The smallest absolute Gasteiger partial charge is 0.191 e. The van der Waals surface area contributed by atoms with Gasteiger partial charge in [-0.05, 0) is 55.4 Å². The normalized spacial score (nSPS) is 15.3. The lowest BCUT2D eigenvalue weighted by molar-refractivity contribution is 0.249. The van der Waals surface area contributed by atoms with Gasteiger partial charge in [-0.3, -0.25) is 4.90 Å². The van der Waals surface area contributed by atoms with Crippen molar-refractivity contribution in [3.8, 4) is 0 Å². The fourth-order valence-electron chi connectivity index (χ4n) is 4.07. The van der Waals surface area contributed by atoms with Crippen LogP contribution in [0.25, 0.3) is 0 Å². The molecule has 2 aromatic heterocycles. The minimum absolute atomic E-state index is 0. The zero-order chi connectivity index (χ0) is 21.3. The molecule has 1 aliphatic heterocycles. The summed E-state index contributed by atoms with van der Waals surface area (Å²) in [5.74, 6) is 0.878. The molecule has 32 heavy (non-hydrogen) atoms. The van der Waals surface area contributed by atoms with Gasteiger partial charge < -0.3 is 15.2 Å². The highest BCUT2D eigenvalue weighted by Gasteiger charge is 2.24. The van der Waals surface area contributed by atoms with E-state index in [9.17, 15) is 0 Å². The second-order valence-electron chi connectivity index (χ2n) is 7.91. The molecule has 0 spiro atoms. The number of thiophene rings is 1. The zero-order valence-electron chi connectivity index (χ0n) is 18.6. The van der Waals surface area contributed by atoms with Gasteiger partial charge in [0.25, 0.3) is 0 Å². The number of likely N-dealkylation sites (tertiary alicyclic amines) is 1. The van der Waals surface area contributed by atoms with Crippen molar-refractivity contribution >= 4 is 41.3 Å². The van der Waals surface area contributed by atoms with E-state index in [1.54, 1.807) is 0 Å². The van der Waals surface area contributed by atoms with Gasteiger partial charge in [-0.2, -0.15) is 0 Å². The van der Waals surface area contributed by atoms with E-state index >= 15 is 0 Å². The van der Waals surface area contributed by atoms with Gasteiger partial charge in [0.1, 0.15) is 0 Å². The second kappa shape index (κ2) is 13.0. The highest BCUT2D eigenvalue weighted by molar-refractivity contribution is 14.0. The number of guanidine groups is 1. The van der Waals surface area contributed by atoms with Crippen LogP contribution >= 0.6 is 35.3 Å². The molecule has 1 fully saturated rings. The zero-order valence-corrected chi connectivity index (χ0v) is 21.8. The Morgan fingerprint density at radius 2 is 2.00 bits per heavy atom. The Morgan fingerprint density at radius 1 is 1.16 bits per heavy atom. The predicted molar refractivity (Wildman–Crippen MR) is 144 cm³/mol. The summed E-state index contributed by atoms with van der Waals surface area (Å²) in [5.41, 5.74) is 2.47. The Kier molecular flexibility index (Phi) is 10.0. The standard InChI is InChI=1S/C24H32N6S.HI/c1-2-26-24(28-17-22(23-9-6-14-31-23)30-11-3-4-12-30)27-16-20-7-5-8-21(15-20)18-29-13-10-25-19-29;/h5-10,13-15,19,22H,2-4,11-12,16-18H2,1H3,(H2,26,27,28);1H. The number of imidazole rings is 1. The summed E-state index contributed by atoms with van der Waals surface area (Å²) in [6.45, 7) is 7.67. The number of nitrogens with zero attached hydrogens (tertiary/aromatic N) is 4. The quantitative estimate of drug-likeness (QED) is 0.228. The maximum Gasteiger partial charge on any atom is 0.191 e. The topological polar surface area (TPSA) is 57.5 Å². The number of nitrogens with one attached hydrogen (secondary N) is 2. The lowest BCUT2D eigenvalue weighted by Crippen LogP contribution is -2.42. The van der Waals surface area contributed by atoms with Crippen LogP contribution in [0, 0.1) is 0 Å². The van der Waals surface area contributed by atoms with Crippen LogP contribution in [-0.4, -0.2) is 46.6 Å². The number of hydrogen-bond acceptors (Lipinski definition) is 4. The molecular weight excluding hydrogens is 531 g/mol. The van der Waals surface area contributed by atoms with Crippen molar-refractivity contribution in [2.75, 3.05) is 26.2 Å². The molecule has 3 aromatic rings. The van der Waals surface area contributed by atoms with E-state index < -0.39 is 0 Å². The third kappa shape index (κ3) is 7.05. The molecule has 0 amide bonds. The van der Waals surface area contributed by atoms with Crippen LogP contribution < -0.4 is 10.6 Å². The molecule has 1 saturated heterocycles. The molecule has 2 N–H and O–H groups in total. The summed E-state index contributed by atoms with van der Waals surface area (Å²) >= 11 is 1.85. The van der Waals surface area contributed by atoms with Gasteiger partial charge >= 0.3 is 0 Å². The van der Waals surface area contributed by atoms with Gasteiger partial charge in [0.15, 0.2) is 5.96 Å². The van der Waals surface area contributed by atoms with Crippen molar-refractivity contribution in [2.45, 2.75) is 38.9 Å². The van der Waals surface area contributed by atoms with Gasteiger partial charge in [-0.15, -0.1) is 35.3 Å². The van der Waals surface area contributed by atoms with Crippen molar-refractivity contribution in [2.24, 2.45) is 4.99 Å². The number of benzene rings is 1. The summed E-state index contributed by atoms with van der Waals surface area (Å²) < 4.78 is 2.08. The molecule has 0 bridgehead atoms. The van der Waals surface area contributed by atoms with Crippen molar-refractivity contribution < 1.29 is 0 Å². The first-order valence-corrected chi connectivity index (χ1v) is 12.0. The van der Waals surface area contributed by atoms with Crippen molar-refractivity contribution in [1.29, 1.82) is 0 Å². The van der Waals surface area contributed by atoms with Crippen LogP contribution in [0.15, 0.2) is 65.5 Å². The van der Waals surface area contributed by atoms with E-state index in [1.807, 2.05) is 30.1 Å². The number of halogens is 1. The van der Waals surface area contributed by atoms with Crippen molar-refractivity contribution in [3.63, 3.8) is 0 Å². The molecule has 1 aliphatic rings. The Labute approximate surface area is 212 Å². The number of hydrogen-bond donors (Lipinski definition) is 2. The van der Waals surface area contributed by atoms with Crippen molar-refractivity contribution in [3.05, 3.63) is 76.5 Å². The first kappa shape index (κ1) is 24.7. The highest BCUT2D eigenvalue weighted by atomic mass is 127. The second-order valence-corrected chi connectivity index (χ2v) is 8.88. The van der Waals surface area contributed by atoms with Crippen LogP contribution in [-0.2, 0) is 13.1 Å². The molecule has 6 nitrogen and oxygen atoms in total. The highest BCUT2D eigenvalue weighted by Crippen LogP contribution is 2.27. The van der Waals surface area contributed by atoms with Gasteiger partial charge in [0.05, 0.1) is 18.9 Å². The van der Waals surface area contributed by atoms with Crippen molar-refractivity contribution in [1.82, 2.24) is 25.1 Å². The summed E-state index contributed by atoms with van der Waals surface area (Å²) in [6, 6.07) is 13.4. The molecule has 8 heteroatoms. The summed E-state index contributed by atoms with van der Waals surface area (Å²) in [5, 5.41) is 9.18. The molecular formula is C24H33IN6S. The molecule has 4 rings (SSSR count). The lowest BCUT2D eigenvalue weighted by atomic mass is 10.1. The Balaban J connectivity index is 0.00000289. The fourth-order valence-corrected chi connectivity index (χ4v) is 4.93. The average Bonchev–Trinajstić information content (AvgIpc) is 3.56. The molecule has 0 radical (unpaired) electrons. The molecule has 1 aromatic carbocycles. The summed E-state index contributed by atoms with van der Waals surface area (Å²) in [6.07, 6.45) is 8.25. The molecule has 1 unspecified atom stereocenters. The SMILES string of the molecule is CCNC(=NCc1cccc(Cn2ccnc2)c1)NCC(c1cccs1)N1CCCC1.I. The number of aromatic nitrogens is 2. The maximum absolute atomic E-state index is 4.86. The van der Waals surface area contributed by atoms with Crippen LogP contribution in [0.1, 0.15) is 41.8 Å². The van der Waals surface area contributed by atoms with Gasteiger partial charge in [-0.25, -0.2) is 9.98 Å². The minimum atomic E-state index is 0. The van der Waals surface area contributed by atoms with Crippen LogP contribution in [0.5, 0.6) is 0 Å². The largest absolute Gasteiger partial charge is 0.357 e. The first-order chi connectivity index (χ1) is 15.3. The van der Waals surface area contributed by atoms with E-state index in [1.165, 1.54) is 41.9 Å². The Hall–Kier alpha value is -1.91. The van der Waals surface area contributed by atoms with Gasteiger partial charge in [-0.1, -0.05) is 30.3 Å². The monoisotopic (exact) mass is 564 g/mol. The van der Waals surface area contributed by atoms with Gasteiger partial charge in [0, 0.05) is 36.9 Å². The van der Waals surface area contributed by atoms with Gasteiger partial charge in [0.2, 0.25) is 0 Å². The van der Waals surface area contributed by atoms with Crippen LogP contribution in [0.4, 0.5) is 0 Å². The average molecular weight is 565 g/mol. The van der Waals surface area contributed by atoms with E-state index in [2.05, 4.69) is 73.8 Å². The lowest BCUT2D eigenvalue weighted by Gasteiger charge is -2.27. The number of aliphatic imine (C=N–C) groups is 1. The molecule has 0 saturated carbocycles. The fraction of sp³-hybridized carbons (Fsp3) is 0.417. The Bertz CT molecular complexity index is 935. The first-order valence-electron chi connectivity index (χ1n) is 11.1. The maximum atomic E-state index is 4.86. The van der Waals surface area contributed by atoms with E-state index in [-0.39, 0.29) is 24.0 Å². The van der Waals surface area contributed by atoms with Crippen LogP contribution in [0.3, 0.4) is 0 Å². The van der Waals surface area contributed by atoms with E-state index in [0.29, 0.717) is 12.6 Å². The summed E-state index contributed by atoms with van der Waals surface area (Å²) in [7, 11) is 0. The molecule has 1 atom stereocenters. The molecule has 3 heterocycles. The van der Waals surface area contributed by atoms with E-state index in [0.717, 1.165) is 25.6 Å². The number of rotatable bonds is 9. The molecule has 172 valence electrons. The third-order valence-electron chi connectivity index (χ3n) is 5.60. The van der Waals surface area contributed by atoms with E-state index in [4.69, 9.17) is 4.99 Å². The minimum Gasteiger partial charge on any atom is -0.357 e. The predicted octanol–water partition coefficient (Wildman–Crippen LogP) is 4.50. The van der Waals surface area contributed by atoms with Crippen LogP contribution in [0.2, 0.25) is 0 Å².